The number of hydrogen-bond acceptors (Lipinski definition) is 5. The van der Waals surface area contributed by atoms with Crippen LogP contribution in [0.2, 0.25) is 0 Å². The van der Waals surface area contributed by atoms with Crippen LogP contribution < -0.4 is 4.74 Å². The summed E-state index contributed by atoms with van der Waals surface area (Å²) < 4.78 is 5.45. The molecule has 4 atom stereocenters. The molecule has 0 N–H and O–H groups in total. The van der Waals surface area contributed by atoms with E-state index < -0.39 is 5.97 Å². The number of ether oxygens (including phenoxy) is 1. The molecule has 3 aliphatic rings. The Morgan fingerprint density at radius 1 is 1.18 bits per heavy atom. The van der Waals surface area contributed by atoms with E-state index in [4.69, 9.17) is 14.8 Å². The van der Waals surface area contributed by atoms with E-state index in [2.05, 4.69) is 35.2 Å². The van der Waals surface area contributed by atoms with Crippen LogP contribution in [0.3, 0.4) is 0 Å². The van der Waals surface area contributed by atoms with Crippen molar-refractivity contribution in [2.75, 3.05) is 7.11 Å². The van der Waals surface area contributed by atoms with E-state index in [-0.39, 0.29) is 20.4 Å². The maximum atomic E-state index is 12.6. The number of benzene rings is 2. The van der Waals surface area contributed by atoms with Crippen LogP contribution in [-0.2, 0) is 16.6 Å². The Morgan fingerprint density at radius 2 is 2.00 bits per heavy atom. The third kappa shape index (κ3) is 4.17. The molecule has 0 bridgehead atoms. The van der Waals surface area contributed by atoms with Gasteiger partial charge in [-0.05, 0) is 42.0 Å². The molecule has 2 saturated carbocycles. The Morgan fingerprint density at radius 3 is 2.76 bits per heavy atom. The van der Waals surface area contributed by atoms with Crippen molar-refractivity contribution in [3.05, 3.63) is 64.7 Å². The zero-order chi connectivity index (χ0) is 23.7. The van der Waals surface area contributed by atoms with E-state index in [9.17, 15) is 4.79 Å². The Labute approximate surface area is 207 Å². The molecule has 0 saturated heterocycles. The van der Waals surface area contributed by atoms with E-state index >= 15 is 0 Å². The fraction of sp³-hybridized carbons (Fsp3) is 0.464. The Kier molecular flexibility index (Phi) is 6.51. The van der Waals surface area contributed by atoms with Gasteiger partial charge in [0.2, 0.25) is 0 Å². The number of rotatable bonds is 5. The first-order valence-electron chi connectivity index (χ1n) is 12.1. The first-order chi connectivity index (χ1) is 16.5. The Bertz CT molecular complexity index is 1150. The summed E-state index contributed by atoms with van der Waals surface area (Å²) in [6, 6.07) is 13.9. The molecule has 0 aliphatic heterocycles. The molecule has 0 amide bonds. The summed E-state index contributed by atoms with van der Waals surface area (Å²) in [6.07, 6.45) is 6.56. The zero-order valence-corrected chi connectivity index (χ0v) is 21.5. The van der Waals surface area contributed by atoms with Gasteiger partial charge >= 0.3 is 142 Å². The average molecular weight is 522 g/mol. The summed E-state index contributed by atoms with van der Waals surface area (Å²) >= 11 is -0.0608. The maximum absolute atomic E-state index is 12.6. The van der Waals surface area contributed by atoms with Gasteiger partial charge < -0.3 is 4.74 Å². The number of fused-ring (bicyclic) bond motifs is 5. The predicted molar refractivity (Wildman–Crippen MR) is 132 cm³/mol. The molecular formula is C28H30N2O3Se. The number of carbonyl (C=O) groups is 1. The van der Waals surface area contributed by atoms with Crippen LogP contribution in [0.25, 0.3) is 0 Å². The van der Waals surface area contributed by atoms with Gasteiger partial charge in [0, 0.05) is 0 Å². The van der Waals surface area contributed by atoms with Crippen molar-refractivity contribution in [2.45, 2.75) is 56.7 Å². The fourth-order valence-corrected chi connectivity index (χ4v) is 7.52. The minimum absolute atomic E-state index is 0.00859. The van der Waals surface area contributed by atoms with Crippen LogP contribution in [-0.4, -0.2) is 33.7 Å². The van der Waals surface area contributed by atoms with Crippen molar-refractivity contribution < 1.29 is 14.4 Å². The molecule has 176 valence electrons. The molecule has 5 nitrogen and oxygen atoms in total. The second-order valence-electron chi connectivity index (χ2n) is 9.97. The molecule has 0 aromatic heterocycles. The van der Waals surface area contributed by atoms with Crippen LogP contribution in [0.1, 0.15) is 72.0 Å². The molecular weight excluding hydrogens is 491 g/mol. The van der Waals surface area contributed by atoms with Gasteiger partial charge in [-0.1, -0.05) is 6.07 Å². The topological polar surface area (TPSA) is 71.7 Å². The van der Waals surface area contributed by atoms with E-state index in [0.29, 0.717) is 23.3 Å². The van der Waals surface area contributed by atoms with Gasteiger partial charge in [0.05, 0.1) is 7.11 Å². The quantitative estimate of drug-likeness (QED) is 0.298. The minimum atomic E-state index is -0.411. The van der Waals surface area contributed by atoms with Gasteiger partial charge in [-0.2, -0.15) is 0 Å². The molecule has 2 fully saturated rings. The molecule has 3 aliphatic carbocycles. The number of nitriles is 1. The van der Waals surface area contributed by atoms with Crippen molar-refractivity contribution in [2.24, 2.45) is 22.4 Å². The van der Waals surface area contributed by atoms with E-state index in [1.54, 1.807) is 19.2 Å². The van der Waals surface area contributed by atoms with E-state index in [0.717, 1.165) is 54.4 Å². The molecule has 2 aromatic rings. The van der Waals surface area contributed by atoms with Gasteiger partial charge in [0.15, 0.2) is 0 Å². The molecule has 2 aromatic carbocycles. The summed E-state index contributed by atoms with van der Waals surface area (Å²) in [5.74, 6) is 2.39. The van der Waals surface area contributed by atoms with Gasteiger partial charge in [-0.25, -0.2) is 0 Å². The fourth-order valence-electron chi connectivity index (χ4n) is 6.63. The number of aryl methyl sites for hydroxylation is 1. The number of nitrogens with zero attached hydrogens (tertiary/aromatic N) is 2. The van der Waals surface area contributed by atoms with Gasteiger partial charge in [0.25, 0.3) is 0 Å². The molecule has 0 spiro atoms. The molecule has 5 rings (SSSR count). The molecule has 34 heavy (non-hydrogen) atoms. The number of hydrogen-bond donors (Lipinski definition) is 0. The molecule has 0 unspecified atom stereocenters. The summed E-state index contributed by atoms with van der Waals surface area (Å²) in [4.78, 5) is 20.3. The first kappa shape index (κ1) is 23.1. The number of oxime groups is 1. The van der Waals surface area contributed by atoms with Crippen LogP contribution in [0.15, 0.2) is 47.6 Å². The van der Waals surface area contributed by atoms with Crippen LogP contribution in [0, 0.1) is 27.5 Å². The van der Waals surface area contributed by atoms with Gasteiger partial charge in [-0.15, -0.1) is 0 Å². The van der Waals surface area contributed by atoms with E-state index in [1.807, 2.05) is 12.1 Å². The third-order valence-corrected chi connectivity index (χ3v) is 9.68. The van der Waals surface area contributed by atoms with Crippen molar-refractivity contribution in [1.82, 2.24) is 0 Å². The Balaban J connectivity index is 1.28. The molecule has 0 heterocycles. The van der Waals surface area contributed by atoms with Gasteiger partial charge in [0.1, 0.15) is 5.75 Å². The number of carbonyl (C=O) groups excluding carboxylic acids is 1. The summed E-state index contributed by atoms with van der Waals surface area (Å²) in [7, 11) is 1.73. The first-order valence-corrected chi connectivity index (χ1v) is 14.2. The second kappa shape index (κ2) is 9.56. The normalized spacial score (nSPS) is 28.4. The standard InChI is InChI=1S/C28H30N2O3Se/c1-28-14-13-23-22-10-8-21(32-2)15-20(22)7-9-24(23)25(28)11-12-26(28)30-33-27(31)19-5-3-18(4-6-19)16-34-17-29/h3-6,8,10,15,23-25H,7,9,11-14,16H2,1-2H3/b30-26+/t23-,24-,25+,28+/m1/s1. The SMILES string of the molecule is COc1ccc2c(c1)CC[C@@H]1[C@@H]2CC[C@]2(C)/C(=N/OC(=O)c3ccc(C[Se]C#N)cc3)CC[C@@H]12. The predicted octanol–water partition coefficient (Wildman–Crippen LogP) is 5.45. The monoisotopic (exact) mass is 522 g/mol. The molecule has 6 heteroatoms. The summed E-state index contributed by atoms with van der Waals surface area (Å²) in [5.41, 5.74) is 5.59. The zero-order valence-electron chi connectivity index (χ0n) is 19.8. The number of methoxy groups -OCH3 is 1. The molecule has 0 radical (unpaired) electrons. The summed E-state index contributed by atoms with van der Waals surface area (Å²) in [5, 5.41) is 14.0. The second-order valence-corrected chi connectivity index (χ2v) is 11.6. The van der Waals surface area contributed by atoms with Crippen LogP contribution in [0.4, 0.5) is 0 Å². The third-order valence-electron chi connectivity index (χ3n) is 8.41. The Hall–Kier alpha value is -2.61. The van der Waals surface area contributed by atoms with Gasteiger partial charge in [-0.3, -0.25) is 0 Å². The van der Waals surface area contributed by atoms with Crippen LogP contribution in [0.5, 0.6) is 5.75 Å². The van der Waals surface area contributed by atoms with Crippen molar-refractivity contribution in [3.63, 3.8) is 0 Å². The van der Waals surface area contributed by atoms with Crippen molar-refractivity contribution >= 4 is 26.6 Å². The van der Waals surface area contributed by atoms with E-state index in [1.165, 1.54) is 17.5 Å². The summed E-state index contributed by atoms with van der Waals surface area (Å²) in [6.45, 7) is 2.34. The average Bonchev–Trinajstić information content (AvgIpc) is 3.21. The van der Waals surface area contributed by atoms with Crippen molar-refractivity contribution in [3.8, 4) is 10.7 Å². The van der Waals surface area contributed by atoms with Crippen LogP contribution >= 0.6 is 0 Å². The van der Waals surface area contributed by atoms with Crippen molar-refractivity contribution in [1.29, 1.82) is 5.26 Å².